The summed E-state index contributed by atoms with van der Waals surface area (Å²) in [5.74, 6) is -0.294. The molecule has 0 atom stereocenters. The fraction of sp³-hybridized carbons (Fsp3) is 0.429. The third kappa shape index (κ3) is 2.93. The molecule has 0 aromatic heterocycles. The van der Waals surface area contributed by atoms with Crippen LogP contribution in [0.1, 0.15) is 31.7 Å². The van der Waals surface area contributed by atoms with Crippen LogP contribution in [-0.2, 0) is 9.59 Å². The van der Waals surface area contributed by atoms with Gasteiger partial charge in [0.1, 0.15) is 0 Å². The molecule has 0 aliphatic heterocycles. The Bertz CT molecular complexity index is 521. The van der Waals surface area contributed by atoms with Gasteiger partial charge in [-0.1, -0.05) is 6.07 Å². The van der Waals surface area contributed by atoms with Crippen molar-refractivity contribution in [2.24, 2.45) is 5.73 Å². The first kappa shape index (κ1) is 13.5. The molecule has 0 unspecified atom stereocenters. The molecule has 0 saturated heterocycles. The molecule has 0 bridgehead atoms. The normalized spacial score (nSPS) is 16.4. The highest BCUT2D eigenvalue weighted by Gasteiger charge is 2.40. The molecule has 5 nitrogen and oxygen atoms in total. The number of carbonyl (C=O) groups is 2. The smallest absolute Gasteiger partial charge is 0.244 e. The second kappa shape index (κ2) is 5.01. The highest BCUT2D eigenvalue weighted by Crippen LogP contribution is 2.30. The lowest BCUT2D eigenvalue weighted by atomic mass is 9.77. The molecule has 5 heteroatoms. The van der Waals surface area contributed by atoms with E-state index in [1.54, 1.807) is 12.1 Å². The van der Waals surface area contributed by atoms with E-state index in [-0.39, 0.29) is 11.8 Å². The largest absolute Gasteiger partial charge is 0.326 e. The molecular formula is C14H19N3O2. The quantitative estimate of drug-likeness (QED) is 0.775. The van der Waals surface area contributed by atoms with Crippen molar-refractivity contribution in [3.8, 4) is 0 Å². The van der Waals surface area contributed by atoms with Gasteiger partial charge in [-0.2, -0.15) is 0 Å². The first-order valence-corrected chi connectivity index (χ1v) is 6.39. The van der Waals surface area contributed by atoms with E-state index in [2.05, 4.69) is 10.6 Å². The van der Waals surface area contributed by atoms with Crippen LogP contribution < -0.4 is 16.4 Å². The Morgan fingerprint density at radius 1 is 1.26 bits per heavy atom. The van der Waals surface area contributed by atoms with E-state index in [0.717, 1.165) is 24.8 Å². The van der Waals surface area contributed by atoms with Crippen molar-refractivity contribution in [1.29, 1.82) is 0 Å². The van der Waals surface area contributed by atoms with E-state index in [0.29, 0.717) is 11.4 Å². The molecule has 4 N–H and O–H groups in total. The Hall–Kier alpha value is -1.88. The average molecular weight is 261 g/mol. The molecule has 0 spiro atoms. The van der Waals surface area contributed by atoms with Crippen molar-refractivity contribution in [3.63, 3.8) is 0 Å². The van der Waals surface area contributed by atoms with Crippen LogP contribution in [0.5, 0.6) is 0 Å². The van der Waals surface area contributed by atoms with Gasteiger partial charge in [0.15, 0.2) is 0 Å². The Morgan fingerprint density at radius 2 is 1.95 bits per heavy atom. The first-order chi connectivity index (χ1) is 8.90. The minimum atomic E-state index is -0.723. The van der Waals surface area contributed by atoms with Crippen LogP contribution in [0.2, 0.25) is 0 Å². The molecule has 1 saturated carbocycles. The lowest BCUT2D eigenvalue weighted by Gasteiger charge is -2.36. The second-order valence-electron chi connectivity index (χ2n) is 5.17. The molecule has 1 aliphatic rings. The van der Waals surface area contributed by atoms with Gasteiger partial charge in [0.05, 0.1) is 5.54 Å². The topological polar surface area (TPSA) is 84.2 Å². The summed E-state index contributed by atoms with van der Waals surface area (Å²) in [7, 11) is 0. The minimum absolute atomic E-state index is 0.138. The predicted molar refractivity (Wildman–Crippen MR) is 74.9 cm³/mol. The van der Waals surface area contributed by atoms with Crippen LogP contribution in [0.15, 0.2) is 18.2 Å². The predicted octanol–water partition coefficient (Wildman–Crippen LogP) is 1.77. The Balaban J connectivity index is 2.12. The van der Waals surface area contributed by atoms with Crippen molar-refractivity contribution >= 4 is 23.2 Å². The van der Waals surface area contributed by atoms with Crippen LogP contribution in [0.4, 0.5) is 11.4 Å². The first-order valence-electron chi connectivity index (χ1n) is 6.39. The number of rotatable bonds is 3. The van der Waals surface area contributed by atoms with Crippen molar-refractivity contribution < 1.29 is 9.59 Å². The average Bonchev–Trinajstić information content (AvgIpc) is 2.29. The Labute approximate surface area is 112 Å². The van der Waals surface area contributed by atoms with E-state index < -0.39 is 5.54 Å². The fourth-order valence-electron chi connectivity index (χ4n) is 2.06. The maximum atomic E-state index is 12.0. The van der Waals surface area contributed by atoms with Crippen LogP contribution in [0, 0.1) is 6.92 Å². The molecule has 1 aromatic rings. The number of benzene rings is 1. The number of nitrogens with one attached hydrogen (secondary N) is 2. The van der Waals surface area contributed by atoms with Crippen LogP contribution in [0.25, 0.3) is 0 Å². The molecule has 2 amide bonds. The standard InChI is InChI=1S/C14H19N3O2/c1-9-4-5-11(8-12(9)16-10(2)18)17-13(19)14(15)6-3-7-14/h4-5,8H,3,6-7,15H2,1-2H3,(H,16,18)(H,17,19). The molecule has 0 heterocycles. The van der Waals surface area contributed by atoms with Gasteiger partial charge >= 0.3 is 0 Å². The van der Waals surface area contributed by atoms with Crippen molar-refractivity contribution in [3.05, 3.63) is 23.8 Å². The zero-order valence-electron chi connectivity index (χ0n) is 11.2. The van der Waals surface area contributed by atoms with Gasteiger partial charge in [-0.05, 0) is 43.9 Å². The van der Waals surface area contributed by atoms with Crippen LogP contribution in [-0.4, -0.2) is 17.4 Å². The number of anilines is 2. The van der Waals surface area contributed by atoms with Crippen molar-refractivity contribution in [2.45, 2.75) is 38.6 Å². The van der Waals surface area contributed by atoms with E-state index in [4.69, 9.17) is 5.73 Å². The summed E-state index contributed by atoms with van der Waals surface area (Å²) in [5.41, 5.74) is 7.53. The Kier molecular flexibility index (Phi) is 3.57. The maximum absolute atomic E-state index is 12.0. The van der Waals surface area contributed by atoms with E-state index in [9.17, 15) is 9.59 Å². The van der Waals surface area contributed by atoms with Gasteiger partial charge in [-0.15, -0.1) is 0 Å². The van der Waals surface area contributed by atoms with Gasteiger partial charge in [-0.3, -0.25) is 9.59 Å². The van der Waals surface area contributed by atoms with Crippen LogP contribution >= 0.6 is 0 Å². The number of hydrogen-bond acceptors (Lipinski definition) is 3. The summed E-state index contributed by atoms with van der Waals surface area (Å²) >= 11 is 0. The van der Waals surface area contributed by atoms with E-state index >= 15 is 0 Å². The fourth-order valence-corrected chi connectivity index (χ4v) is 2.06. The van der Waals surface area contributed by atoms with Gasteiger partial charge in [0.2, 0.25) is 11.8 Å². The summed E-state index contributed by atoms with van der Waals surface area (Å²) in [6.45, 7) is 3.35. The van der Waals surface area contributed by atoms with Gasteiger partial charge in [0, 0.05) is 18.3 Å². The highest BCUT2D eigenvalue weighted by molar-refractivity contribution is 5.99. The van der Waals surface area contributed by atoms with Crippen molar-refractivity contribution in [1.82, 2.24) is 0 Å². The lowest BCUT2D eigenvalue weighted by molar-refractivity contribution is -0.123. The molecular weight excluding hydrogens is 242 g/mol. The summed E-state index contributed by atoms with van der Waals surface area (Å²) in [6.07, 6.45) is 2.45. The number of carbonyl (C=O) groups excluding carboxylic acids is 2. The zero-order chi connectivity index (χ0) is 14.0. The van der Waals surface area contributed by atoms with Gasteiger partial charge < -0.3 is 16.4 Å². The lowest BCUT2D eigenvalue weighted by Crippen LogP contribution is -2.56. The van der Waals surface area contributed by atoms with E-state index in [1.165, 1.54) is 6.92 Å². The third-order valence-corrected chi connectivity index (χ3v) is 3.50. The molecule has 102 valence electrons. The molecule has 1 fully saturated rings. The van der Waals surface area contributed by atoms with Crippen molar-refractivity contribution in [2.75, 3.05) is 10.6 Å². The summed E-state index contributed by atoms with van der Waals surface area (Å²) in [6, 6.07) is 5.40. The minimum Gasteiger partial charge on any atom is -0.326 e. The number of aryl methyl sites for hydroxylation is 1. The molecule has 1 aromatic carbocycles. The molecule has 2 rings (SSSR count). The summed E-state index contributed by atoms with van der Waals surface area (Å²) in [5, 5.41) is 5.54. The van der Waals surface area contributed by atoms with Gasteiger partial charge in [-0.25, -0.2) is 0 Å². The van der Waals surface area contributed by atoms with E-state index in [1.807, 2.05) is 13.0 Å². The molecule has 19 heavy (non-hydrogen) atoms. The third-order valence-electron chi connectivity index (χ3n) is 3.50. The number of hydrogen-bond donors (Lipinski definition) is 3. The Morgan fingerprint density at radius 3 is 2.47 bits per heavy atom. The van der Waals surface area contributed by atoms with Gasteiger partial charge in [0.25, 0.3) is 0 Å². The monoisotopic (exact) mass is 261 g/mol. The summed E-state index contributed by atoms with van der Waals surface area (Å²) < 4.78 is 0. The zero-order valence-corrected chi connectivity index (χ0v) is 11.2. The molecule has 0 radical (unpaired) electrons. The highest BCUT2D eigenvalue weighted by atomic mass is 16.2. The second-order valence-corrected chi connectivity index (χ2v) is 5.17. The van der Waals surface area contributed by atoms with Crippen LogP contribution in [0.3, 0.4) is 0 Å². The number of nitrogens with two attached hydrogens (primary N) is 1. The number of amides is 2. The maximum Gasteiger partial charge on any atom is 0.244 e. The SMILES string of the molecule is CC(=O)Nc1cc(NC(=O)C2(N)CCC2)ccc1C. The summed E-state index contributed by atoms with van der Waals surface area (Å²) in [4.78, 5) is 23.1. The molecule has 1 aliphatic carbocycles.